The molecule has 6 nitrogen and oxygen atoms in total. The van der Waals surface area contributed by atoms with E-state index in [0.717, 1.165) is 0 Å². The van der Waals surface area contributed by atoms with Crippen LogP contribution < -0.4 is 5.32 Å². The molecule has 2 N–H and O–H groups in total. The molecule has 1 amide bonds. The molecule has 0 aliphatic carbocycles. The first-order chi connectivity index (χ1) is 9.65. The largest absolute Gasteiger partial charge is 0.441 e. The van der Waals surface area contributed by atoms with E-state index in [0.29, 0.717) is 5.56 Å². The monoisotopic (exact) mass is 277 g/mol. The number of aliphatic hydroxyl groups is 1. The van der Waals surface area contributed by atoms with Crippen molar-refractivity contribution in [1.82, 2.24) is 15.1 Å². The average molecular weight is 277 g/mol. The van der Waals surface area contributed by atoms with Gasteiger partial charge in [0, 0.05) is 12.4 Å². The predicted octanol–water partition coefficient (Wildman–Crippen LogP) is 1.15. The molecule has 2 heterocycles. The van der Waals surface area contributed by atoms with Crippen molar-refractivity contribution in [2.45, 2.75) is 12.2 Å². The van der Waals surface area contributed by atoms with Crippen molar-refractivity contribution >= 4 is 6.09 Å². The standard InChI is InChI=1S/C13H12FN3O3/c14-9-6-8(12(18)11-7-15-13(19)20-11)2-3-10(9)17-5-1-4-16-17/h1-6,11-12,18H,7H2,(H,15,19). The molecule has 0 saturated carbocycles. The number of amides is 1. The molecule has 1 aromatic carbocycles. The molecular formula is C13H12FN3O3. The van der Waals surface area contributed by atoms with Crippen LogP contribution in [0.4, 0.5) is 9.18 Å². The number of aromatic nitrogens is 2. The van der Waals surface area contributed by atoms with E-state index in [1.54, 1.807) is 24.5 Å². The summed E-state index contributed by atoms with van der Waals surface area (Å²) >= 11 is 0. The van der Waals surface area contributed by atoms with E-state index >= 15 is 0 Å². The number of aliphatic hydroxyl groups excluding tert-OH is 1. The minimum atomic E-state index is -1.07. The number of nitrogens with zero attached hydrogens (tertiary/aromatic N) is 2. The number of carbonyl (C=O) groups is 1. The van der Waals surface area contributed by atoms with Gasteiger partial charge in [0.2, 0.25) is 0 Å². The lowest BCUT2D eigenvalue weighted by atomic mass is 10.0. The average Bonchev–Trinajstić information content (AvgIpc) is 3.09. The summed E-state index contributed by atoms with van der Waals surface area (Å²) in [6, 6.07) is 6.00. The molecule has 0 bridgehead atoms. The second-order valence-corrected chi connectivity index (χ2v) is 4.43. The van der Waals surface area contributed by atoms with Gasteiger partial charge in [-0.3, -0.25) is 0 Å². The fraction of sp³-hybridized carbons (Fsp3) is 0.231. The zero-order chi connectivity index (χ0) is 14.1. The summed E-state index contributed by atoms with van der Waals surface area (Å²) in [7, 11) is 0. The van der Waals surface area contributed by atoms with Crippen LogP contribution >= 0.6 is 0 Å². The summed E-state index contributed by atoms with van der Waals surface area (Å²) < 4.78 is 20.3. The van der Waals surface area contributed by atoms with Crippen LogP contribution in [0.1, 0.15) is 11.7 Å². The number of hydrogen-bond acceptors (Lipinski definition) is 4. The fourth-order valence-corrected chi connectivity index (χ4v) is 2.10. The maximum absolute atomic E-state index is 14.0. The van der Waals surface area contributed by atoms with Crippen LogP contribution in [0.15, 0.2) is 36.7 Å². The third-order valence-electron chi connectivity index (χ3n) is 3.12. The fourth-order valence-electron chi connectivity index (χ4n) is 2.10. The van der Waals surface area contributed by atoms with Gasteiger partial charge in [0.15, 0.2) is 6.10 Å². The molecule has 2 atom stereocenters. The van der Waals surface area contributed by atoms with Gasteiger partial charge in [0.05, 0.1) is 6.54 Å². The van der Waals surface area contributed by atoms with Gasteiger partial charge < -0.3 is 15.2 Å². The smallest absolute Gasteiger partial charge is 0.407 e. The van der Waals surface area contributed by atoms with E-state index in [9.17, 15) is 14.3 Å². The normalized spacial score (nSPS) is 19.5. The molecule has 1 saturated heterocycles. The Hall–Kier alpha value is -2.41. The molecule has 2 aromatic rings. The highest BCUT2D eigenvalue weighted by Crippen LogP contribution is 2.24. The van der Waals surface area contributed by atoms with Crippen molar-refractivity contribution in [3.8, 4) is 5.69 Å². The third kappa shape index (κ3) is 2.23. The first kappa shape index (κ1) is 12.6. The molecule has 1 aliphatic rings. The number of ether oxygens (including phenoxy) is 1. The van der Waals surface area contributed by atoms with Crippen LogP contribution in [0.25, 0.3) is 5.69 Å². The van der Waals surface area contributed by atoms with Crippen molar-refractivity contribution in [3.05, 3.63) is 48.0 Å². The second kappa shape index (κ2) is 4.93. The number of hydrogen-bond donors (Lipinski definition) is 2. The van der Waals surface area contributed by atoms with Gasteiger partial charge in [-0.05, 0) is 23.8 Å². The third-order valence-corrected chi connectivity index (χ3v) is 3.12. The summed E-state index contributed by atoms with van der Waals surface area (Å²) in [4.78, 5) is 10.9. The Balaban J connectivity index is 1.85. The van der Waals surface area contributed by atoms with E-state index in [2.05, 4.69) is 10.4 Å². The van der Waals surface area contributed by atoms with Crippen molar-refractivity contribution < 1.29 is 19.0 Å². The molecule has 1 aromatic heterocycles. The summed E-state index contributed by atoms with van der Waals surface area (Å²) in [5.74, 6) is -0.512. The quantitative estimate of drug-likeness (QED) is 0.882. The van der Waals surface area contributed by atoms with Gasteiger partial charge in [-0.2, -0.15) is 5.10 Å². The van der Waals surface area contributed by atoms with E-state index in [4.69, 9.17) is 4.74 Å². The molecule has 1 fully saturated rings. The molecule has 0 spiro atoms. The summed E-state index contributed by atoms with van der Waals surface area (Å²) in [5.41, 5.74) is 0.632. The Morgan fingerprint density at radius 2 is 2.40 bits per heavy atom. The van der Waals surface area contributed by atoms with E-state index in [-0.39, 0.29) is 12.2 Å². The Morgan fingerprint density at radius 3 is 3.00 bits per heavy atom. The topological polar surface area (TPSA) is 76.4 Å². The van der Waals surface area contributed by atoms with Crippen molar-refractivity contribution in [3.63, 3.8) is 0 Å². The molecule has 7 heteroatoms. The van der Waals surface area contributed by atoms with Gasteiger partial charge in [0.1, 0.15) is 17.6 Å². The number of cyclic esters (lactones) is 1. The highest BCUT2D eigenvalue weighted by Gasteiger charge is 2.30. The summed E-state index contributed by atoms with van der Waals surface area (Å²) in [6.45, 7) is 0.197. The molecule has 20 heavy (non-hydrogen) atoms. The number of carbonyl (C=O) groups excluding carboxylic acids is 1. The Morgan fingerprint density at radius 1 is 1.55 bits per heavy atom. The SMILES string of the molecule is O=C1NCC(C(O)c2ccc(-n3cccn3)c(F)c2)O1. The van der Waals surface area contributed by atoms with Crippen molar-refractivity contribution in [1.29, 1.82) is 0 Å². The van der Waals surface area contributed by atoms with Gasteiger partial charge in [-0.1, -0.05) is 6.07 Å². The lowest BCUT2D eigenvalue weighted by Crippen LogP contribution is -2.22. The summed E-state index contributed by atoms with van der Waals surface area (Å²) in [6.07, 6.45) is 0.804. The maximum Gasteiger partial charge on any atom is 0.407 e. The van der Waals surface area contributed by atoms with Crippen molar-refractivity contribution in [2.75, 3.05) is 6.54 Å². The Bertz CT molecular complexity index is 630. The highest BCUT2D eigenvalue weighted by molar-refractivity contribution is 5.69. The predicted molar refractivity (Wildman–Crippen MR) is 66.8 cm³/mol. The minimum Gasteiger partial charge on any atom is -0.441 e. The van der Waals surface area contributed by atoms with Crippen LogP contribution in [-0.4, -0.2) is 33.6 Å². The van der Waals surface area contributed by atoms with Crippen LogP contribution in [0, 0.1) is 5.82 Å². The number of halogens is 1. The molecule has 3 rings (SSSR count). The number of nitrogens with one attached hydrogen (secondary N) is 1. The highest BCUT2D eigenvalue weighted by atomic mass is 19.1. The Labute approximate surface area is 113 Å². The maximum atomic E-state index is 14.0. The van der Waals surface area contributed by atoms with Crippen molar-refractivity contribution in [2.24, 2.45) is 0 Å². The number of rotatable bonds is 3. The van der Waals surface area contributed by atoms with Gasteiger partial charge in [-0.15, -0.1) is 0 Å². The van der Waals surface area contributed by atoms with Gasteiger partial charge in [-0.25, -0.2) is 13.9 Å². The Kier molecular flexibility index (Phi) is 3.11. The second-order valence-electron chi connectivity index (χ2n) is 4.43. The number of alkyl carbamates (subject to hydrolysis) is 1. The van der Waals surface area contributed by atoms with E-state index < -0.39 is 24.1 Å². The molecule has 0 radical (unpaired) electrons. The molecular weight excluding hydrogens is 265 g/mol. The summed E-state index contributed by atoms with van der Waals surface area (Å²) in [5, 5.41) is 16.5. The zero-order valence-electron chi connectivity index (χ0n) is 10.4. The minimum absolute atomic E-state index is 0.197. The lowest BCUT2D eigenvalue weighted by molar-refractivity contribution is 0.0318. The first-order valence-electron chi connectivity index (χ1n) is 6.07. The van der Waals surface area contributed by atoms with E-state index in [1.807, 2.05) is 0 Å². The van der Waals surface area contributed by atoms with Crippen LogP contribution in [0.5, 0.6) is 0 Å². The molecule has 2 unspecified atom stereocenters. The lowest BCUT2D eigenvalue weighted by Gasteiger charge is -2.17. The van der Waals surface area contributed by atoms with E-state index in [1.165, 1.54) is 16.8 Å². The zero-order valence-corrected chi connectivity index (χ0v) is 10.4. The van der Waals surface area contributed by atoms with Crippen LogP contribution in [0.2, 0.25) is 0 Å². The molecule has 1 aliphatic heterocycles. The van der Waals surface area contributed by atoms with Gasteiger partial charge in [0.25, 0.3) is 0 Å². The first-order valence-corrected chi connectivity index (χ1v) is 6.07. The van der Waals surface area contributed by atoms with Crippen LogP contribution in [-0.2, 0) is 4.74 Å². The van der Waals surface area contributed by atoms with Crippen LogP contribution in [0.3, 0.4) is 0 Å². The number of benzene rings is 1. The molecule has 104 valence electrons. The van der Waals surface area contributed by atoms with Gasteiger partial charge >= 0.3 is 6.09 Å².